The Balaban J connectivity index is 1.57. The number of likely N-dealkylation sites (N-methyl/N-ethyl adjacent to an activating group) is 1. The van der Waals surface area contributed by atoms with Crippen LogP contribution in [0.4, 0.5) is 5.82 Å². The first-order valence-corrected chi connectivity index (χ1v) is 10.3. The molecule has 2 aliphatic rings. The molecule has 2 aliphatic heterocycles. The van der Waals surface area contributed by atoms with Crippen LogP contribution in [0.15, 0.2) is 42.6 Å². The summed E-state index contributed by atoms with van der Waals surface area (Å²) in [6.45, 7) is 3.75. The molecule has 2 amide bonds. The number of imidazole rings is 1. The Kier molecular flexibility index (Phi) is 4.32. The topological polar surface area (TPSA) is 94.0 Å². The van der Waals surface area contributed by atoms with E-state index >= 15 is 0 Å². The maximum absolute atomic E-state index is 13.6. The van der Waals surface area contributed by atoms with Gasteiger partial charge in [0.1, 0.15) is 6.04 Å². The number of hydrogen-bond donors (Lipinski definition) is 3. The number of rotatable bonds is 4. The van der Waals surface area contributed by atoms with E-state index in [4.69, 9.17) is 4.98 Å². The molecule has 3 N–H and O–H groups in total. The standard InChI is InChI=1S/C22H24N6O2/c1-12(23-3)20(29)26-18-13(2)27-10-6-7-14-11-17(28(21(14)27)22(18)30)19-24-15-8-4-5-9-16(15)25-19/h4-10,12-13,17-18,23H,11H2,1-3H3,(H-,24,25,26,29)/p+1. The Morgan fingerprint density at radius 2 is 2.10 bits per heavy atom. The number of anilines is 1. The molecular weight excluding hydrogens is 380 g/mol. The first-order chi connectivity index (χ1) is 14.5. The van der Waals surface area contributed by atoms with Gasteiger partial charge in [0, 0.05) is 12.0 Å². The van der Waals surface area contributed by atoms with E-state index in [9.17, 15) is 9.59 Å². The maximum atomic E-state index is 13.6. The van der Waals surface area contributed by atoms with E-state index in [1.807, 2.05) is 48.4 Å². The molecule has 4 heterocycles. The fourth-order valence-corrected chi connectivity index (χ4v) is 4.49. The Labute approximate surface area is 174 Å². The molecule has 154 valence electrons. The summed E-state index contributed by atoms with van der Waals surface area (Å²) in [6, 6.07) is 10.5. The highest BCUT2D eigenvalue weighted by atomic mass is 16.2. The minimum absolute atomic E-state index is 0.102. The molecule has 8 nitrogen and oxygen atoms in total. The van der Waals surface area contributed by atoms with Gasteiger partial charge in [-0.15, -0.1) is 0 Å². The van der Waals surface area contributed by atoms with Crippen LogP contribution in [0.3, 0.4) is 0 Å². The normalized spacial score (nSPS) is 23.5. The number of aromatic amines is 1. The highest BCUT2D eigenvalue weighted by molar-refractivity contribution is 6.01. The number of aromatic nitrogens is 3. The lowest BCUT2D eigenvalue weighted by Gasteiger charge is -2.32. The van der Waals surface area contributed by atoms with Crippen LogP contribution in [-0.2, 0) is 16.0 Å². The number of nitrogens with one attached hydrogen (secondary N) is 3. The van der Waals surface area contributed by atoms with Crippen LogP contribution in [0, 0.1) is 0 Å². The van der Waals surface area contributed by atoms with Crippen LogP contribution >= 0.6 is 0 Å². The van der Waals surface area contributed by atoms with E-state index in [0.29, 0.717) is 6.42 Å². The SMILES string of the molecule is CNC(C)C(=O)NC1C(=O)N2c3c(ccc[n+]3C1C)CC2c1nc2ccccc2[nH]1. The molecule has 4 unspecified atom stereocenters. The zero-order chi connectivity index (χ0) is 21.0. The number of nitrogens with zero attached hydrogens (tertiary/aromatic N) is 3. The highest BCUT2D eigenvalue weighted by Gasteiger charge is 2.54. The van der Waals surface area contributed by atoms with Gasteiger partial charge in [-0.3, -0.25) is 4.79 Å². The van der Waals surface area contributed by atoms with Crippen molar-refractivity contribution in [1.82, 2.24) is 20.6 Å². The molecule has 8 heteroatoms. The maximum Gasteiger partial charge on any atom is 0.337 e. The molecule has 5 rings (SSSR count). The van der Waals surface area contributed by atoms with Crippen molar-refractivity contribution in [3.05, 3.63) is 54.0 Å². The number of carbonyl (C=O) groups excluding carboxylic acids is 2. The van der Waals surface area contributed by atoms with E-state index in [0.717, 1.165) is 28.2 Å². The molecule has 2 aromatic heterocycles. The van der Waals surface area contributed by atoms with Gasteiger partial charge in [-0.25, -0.2) is 14.3 Å². The third kappa shape index (κ3) is 2.71. The molecule has 0 saturated carbocycles. The predicted molar refractivity (Wildman–Crippen MR) is 112 cm³/mol. The van der Waals surface area contributed by atoms with Crippen molar-refractivity contribution < 1.29 is 14.2 Å². The van der Waals surface area contributed by atoms with Crippen LogP contribution < -0.4 is 20.1 Å². The van der Waals surface area contributed by atoms with Crippen LogP contribution in [0.25, 0.3) is 11.0 Å². The van der Waals surface area contributed by atoms with Crippen molar-refractivity contribution in [1.29, 1.82) is 0 Å². The van der Waals surface area contributed by atoms with Crippen LogP contribution in [0.2, 0.25) is 0 Å². The van der Waals surface area contributed by atoms with Crippen molar-refractivity contribution in [3.63, 3.8) is 0 Å². The van der Waals surface area contributed by atoms with E-state index in [1.54, 1.807) is 14.0 Å². The van der Waals surface area contributed by atoms with Gasteiger partial charge < -0.3 is 15.6 Å². The van der Waals surface area contributed by atoms with Gasteiger partial charge in [0.25, 0.3) is 5.82 Å². The second-order valence-electron chi connectivity index (χ2n) is 8.07. The molecule has 4 atom stereocenters. The third-order valence-corrected chi connectivity index (χ3v) is 6.30. The summed E-state index contributed by atoms with van der Waals surface area (Å²) >= 11 is 0. The number of para-hydroxylation sites is 2. The number of carbonyl (C=O) groups is 2. The third-order valence-electron chi connectivity index (χ3n) is 6.30. The van der Waals surface area contributed by atoms with Crippen molar-refractivity contribution >= 4 is 28.7 Å². The predicted octanol–water partition coefficient (Wildman–Crippen LogP) is 1.15. The van der Waals surface area contributed by atoms with Gasteiger partial charge in [0.2, 0.25) is 5.91 Å². The lowest BCUT2D eigenvalue weighted by atomic mass is 10.0. The number of pyridine rings is 1. The number of hydrogen-bond acceptors (Lipinski definition) is 4. The minimum Gasteiger partial charge on any atom is -0.338 e. The summed E-state index contributed by atoms with van der Waals surface area (Å²) in [5.41, 5.74) is 2.93. The molecular formula is C22H25N6O2+. The molecule has 30 heavy (non-hydrogen) atoms. The van der Waals surface area contributed by atoms with Crippen LogP contribution in [-0.4, -0.2) is 40.9 Å². The Morgan fingerprint density at radius 3 is 2.87 bits per heavy atom. The quantitative estimate of drug-likeness (QED) is 0.568. The summed E-state index contributed by atoms with van der Waals surface area (Å²) in [5, 5.41) is 5.88. The average molecular weight is 405 g/mol. The van der Waals surface area contributed by atoms with Gasteiger partial charge >= 0.3 is 5.91 Å². The molecule has 0 radical (unpaired) electrons. The minimum atomic E-state index is -0.647. The summed E-state index contributed by atoms with van der Waals surface area (Å²) in [7, 11) is 1.73. The first kappa shape index (κ1) is 18.7. The lowest BCUT2D eigenvalue weighted by molar-refractivity contribution is -0.711. The number of H-pyrrole nitrogens is 1. The number of fused-ring (bicyclic) bond motifs is 1. The summed E-state index contributed by atoms with van der Waals surface area (Å²) in [6.07, 6.45) is 2.66. The molecule has 1 aromatic carbocycles. The van der Waals surface area contributed by atoms with E-state index in [2.05, 4.69) is 26.3 Å². The largest absolute Gasteiger partial charge is 0.338 e. The van der Waals surface area contributed by atoms with Gasteiger partial charge in [0.15, 0.2) is 17.9 Å². The summed E-state index contributed by atoms with van der Waals surface area (Å²) in [4.78, 5) is 36.1. The van der Waals surface area contributed by atoms with Crippen molar-refractivity contribution in [2.45, 2.75) is 44.4 Å². The molecule has 0 aliphatic carbocycles. The summed E-state index contributed by atoms with van der Waals surface area (Å²) in [5.74, 6) is 1.36. The van der Waals surface area contributed by atoms with E-state index < -0.39 is 6.04 Å². The molecule has 0 bridgehead atoms. The molecule has 0 fully saturated rings. The Morgan fingerprint density at radius 1 is 1.30 bits per heavy atom. The fourth-order valence-electron chi connectivity index (χ4n) is 4.49. The Bertz CT molecular complexity index is 1120. The molecule has 0 saturated heterocycles. The van der Waals surface area contributed by atoms with E-state index in [1.165, 1.54) is 0 Å². The van der Waals surface area contributed by atoms with Gasteiger partial charge in [-0.2, -0.15) is 4.90 Å². The van der Waals surface area contributed by atoms with E-state index in [-0.39, 0.29) is 29.9 Å². The Hall–Kier alpha value is -3.26. The van der Waals surface area contributed by atoms with Gasteiger partial charge in [-0.1, -0.05) is 12.1 Å². The number of benzene rings is 1. The smallest absolute Gasteiger partial charge is 0.337 e. The van der Waals surface area contributed by atoms with Gasteiger partial charge in [0.05, 0.1) is 23.3 Å². The average Bonchev–Trinajstić information content (AvgIpc) is 3.36. The van der Waals surface area contributed by atoms with Crippen molar-refractivity contribution in [2.24, 2.45) is 0 Å². The van der Waals surface area contributed by atoms with Crippen LogP contribution in [0.5, 0.6) is 0 Å². The van der Waals surface area contributed by atoms with Gasteiger partial charge in [-0.05, 0) is 45.2 Å². The van der Waals surface area contributed by atoms with Crippen molar-refractivity contribution in [3.8, 4) is 0 Å². The zero-order valence-corrected chi connectivity index (χ0v) is 17.2. The van der Waals surface area contributed by atoms with Crippen LogP contribution in [0.1, 0.15) is 37.3 Å². The molecule has 3 aromatic rings. The molecule has 0 spiro atoms. The second kappa shape index (κ2) is 6.91. The monoisotopic (exact) mass is 405 g/mol. The fraction of sp³-hybridized carbons (Fsp3) is 0.364. The second-order valence-corrected chi connectivity index (χ2v) is 8.07. The lowest BCUT2D eigenvalue weighted by Crippen LogP contribution is -2.65. The zero-order valence-electron chi connectivity index (χ0n) is 17.2. The number of amides is 2. The summed E-state index contributed by atoms with van der Waals surface area (Å²) < 4.78 is 2.09. The van der Waals surface area contributed by atoms with Crippen molar-refractivity contribution in [2.75, 3.05) is 11.9 Å². The highest BCUT2D eigenvalue weighted by Crippen LogP contribution is 2.41. The first-order valence-electron chi connectivity index (χ1n) is 10.3.